The molecule has 0 amide bonds. The van der Waals surface area contributed by atoms with Crippen LogP contribution < -0.4 is 10.5 Å². The minimum absolute atomic E-state index is 0.0996. The number of hydrogen-bond acceptors (Lipinski definition) is 3. The summed E-state index contributed by atoms with van der Waals surface area (Å²) >= 11 is 0. The number of ether oxygens (including phenoxy) is 1. The van der Waals surface area contributed by atoms with E-state index < -0.39 is 0 Å². The molecular weight excluding hydrogens is 236 g/mol. The van der Waals surface area contributed by atoms with Gasteiger partial charge in [-0.05, 0) is 37.5 Å². The van der Waals surface area contributed by atoms with Gasteiger partial charge < -0.3 is 10.5 Å². The number of benzene rings is 1. The topological polar surface area (TPSA) is 48.1 Å². The largest absolute Gasteiger partial charge is 0.495 e. The fraction of sp³-hybridized carbons (Fsp3) is 0.312. The van der Waals surface area contributed by atoms with E-state index in [0.29, 0.717) is 0 Å². The first kappa shape index (κ1) is 13.6. The van der Waals surface area contributed by atoms with Crippen LogP contribution in [0.5, 0.6) is 5.75 Å². The summed E-state index contributed by atoms with van der Waals surface area (Å²) in [7, 11) is 1.65. The number of nitrogens with two attached hydrogens (primary N) is 1. The average molecular weight is 256 g/mol. The number of aromatic nitrogens is 1. The first-order valence-corrected chi connectivity index (χ1v) is 6.50. The van der Waals surface area contributed by atoms with Crippen molar-refractivity contribution in [1.29, 1.82) is 0 Å². The molecule has 0 bridgehead atoms. The molecule has 0 saturated heterocycles. The smallest absolute Gasteiger partial charge is 0.141 e. The number of hydrogen-bond donors (Lipinski definition) is 1. The Morgan fingerprint density at radius 2 is 1.95 bits per heavy atom. The highest BCUT2D eigenvalue weighted by Gasteiger charge is 2.12. The Kier molecular flexibility index (Phi) is 4.53. The summed E-state index contributed by atoms with van der Waals surface area (Å²) in [5.41, 5.74) is 9.62. The van der Waals surface area contributed by atoms with Crippen LogP contribution in [-0.4, -0.2) is 12.1 Å². The molecule has 0 saturated carbocycles. The molecule has 100 valence electrons. The Labute approximate surface area is 114 Å². The number of rotatable bonds is 5. The second kappa shape index (κ2) is 6.34. The first-order chi connectivity index (χ1) is 9.20. The van der Waals surface area contributed by atoms with E-state index in [1.54, 1.807) is 13.3 Å². The first-order valence-electron chi connectivity index (χ1n) is 6.50. The standard InChI is InChI=1S/C16H20N2O/c1-12-5-7-13(8-6-12)9-10-14(17)16-15(19-2)4-3-11-18-16/h3-8,11,14H,9-10,17H2,1-2H3. The lowest BCUT2D eigenvalue weighted by atomic mass is 10.0. The predicted molar refractivity (Wildman–Crippen MR) is 77.2 cm³/mol. The van der Waals surface area contributed by atoms with E-state index in [2.05, 4.69) is 36.2 Å². The van der Waals surface area contributed by atoms with Crippen LogP contribution in [0.3, 0.4) is 0 Å². The molecule has 2 N–H and O–H groups in total. The second-order valence-electron chi connectivity index (χ2n) is 4.72. The summed E-state index contributed by atoms with van der Waals surface area (Å²) < 4.78 is 5.29. The van der Waals surface area contributed by atoms with E-state index >= 15 is 0 Å². The molecule has 0 aliphatic carbocycles. The summed E-state index contributed by atoms with van der Waals surface area (Å²) in [6.07, 6.45) is 3.56. The normalized spacial score (nSPS) is 12.2. The Hall–Kier alpha value is -1.87. The van der Waals surface area contributed by atoms with E-state index in [1.807, 2.05) is 12.1 Å². The number of pyridine rings is 1. The molecule has 3 nitrogen and oxygen atoms in total. The number of methoxy groups -OCH3 is 1. The number of nitrogens with zero attached hydrogens (tertiary/aromatic N) is 1. The van der Waals surface area contributed by atoms with Crippen molar-refractivity contribution in [3.05, 3.63) is 59.4 Å². The predicted octanol–water partition coefficient (Wildman–Crippen LogP) is 3.03. The van der Waals surface area contributed by atoms with Crippen LogP contribution in [0.2, 0.25) is 0 Å². The quantitative estimate of drug-likeness (QED) is 0.894. The molecule has 19 heavy (non-hydrogen) atoms. The third-order valence-corrected chi connectivity index (χ3v) is 3.24. The molecular formula is C16H20N2O. The molecule has 0 fully saturated rings. The van der Waals surface area contributed by atoms with E-state index in [9.17, 15) is 0 Å². The maximum absolute atomic E-state index is 6.21. The van der Waals surface area contributed by atoms with Crippen LogP contribution in [0.1, 0.15) is 29.3 Å². The minimum Gasteiger partial charge on any atom is -0.495 e. The molecule has 0 aliphatic heterocycles. The van der Waals surface area contributed by atoms with Gasteiger partial charge in [-0.1, -0.05) is 29.8 Å². The lowest BCUT2D eigenvalue weighted by Crippen LogP contribution is -2.14. The molecule has 1 aromatic carbocycles. The Bertz CT molecular complexity index is 523. The van der Waals surface area contributed by atoms with Gasteiger partial charge in [-0.25, -0.2) is 0 Å². The average Bonchev–Trinajstić information content (AvgIpc) is 2.46. The van der Waals surface area contributed by atoms with Gasteiger partial charge in [0, 0.05) is 6.20 Å². The van der Waals surface area contributed by atoms with Crippen molar-refractivity contribution in [2.75, 3.05) is 7.11 Å². The van der Waals surface area contributed by atoms with Gasteiger partial charge >= 0.3 is 0 Å². The molecule has 0 spiro atoms. The third-order valence-electron chi connectivity index (χ3n) is 3.24. The van der Waals surface area contributed by atoms with Crippen LogP contribution >= 0.6 is 0 Å². The van der Waals surface area contributed by atoms with Crippen molar-refractivity contribution in [3.63, 3.8) is 0 Å². The van der Waals surface area contributed by atoms with Crippen molar-refractivity contribution < 1.29 is 4.74 Å². The molecule has 1 aromatic heterocycles. The van der Waals surface area contributed by atoms with Gasteiger partial charge in [-0.3, -0.25) is 4.98 Å². The lowest BCUT2D eigenvalue weighted by Gasteiger charge is -2.14. The molecule has 3 heteroatoms. The molecule has 1 heterocycles. The van der Waals surface area contributed by atoms with Crippen molar-refractivity contribution in [2.24, 2.45) is 5.73 Å². The van der Waals surface area contributed by atoms with Crippen LogP contribution in [0.4, 0.5) is 0 Å². The van der Waals surface area contributed by atoms with Gasteiger partial charge in [0.2, 0.25) is 0 Å². The van der Waals surface area contributed by atoms with Crippen LogP contribution in [0.15, 0.2) is 42.6 Å². The summed E-state index contributed by atoms with van der Waals surface area (Å²) in [5.74, 6) is 0.763. The van der Waals surface area contributed by atoms with Crippen molar-refractivity contribution in [1.82, 2.24) is 4.98 Å². The highest BCUT2D eigenvalue weighted by molar-refractivity contribution is 5.29. The molecule has 2 rings (SSSR count). The van der Waals surface area contributed by atoms with E-state index in [0.717, 1.165) is 24.3 Å². The summed E-state index contributed by atoms with van der Waals surface area (Å²) in [6.45, 7) is 2.09. The number of aryl methyl sites for hydroxylation is 2. The fourth-order valence-electron chi connectivity index (χ4n) is 2.07. The molecule has 1 unspecified atom stereocenters. The lowest BCUT2D eigenvalue weighted by molar-refractivity contribution is 0.400. The molecule has 2 aromatic rings. The maximum atomic E-state index is 6.21. The molecule has 0 aliphatic rings. The summed E-state index contributed by atoms with van der Waals surface area (Å²) in [5, 5.41) is 0. The summed E-state index contributed by atoms with van der Waals surface area (Å²) in [6, 6.07) is 12.2. The maximum Gasteiger partial charge on any atom is 0.141 e. The fourth-order valence-corrected chi connectivity index (χ4v) is 2.07. The van der Waals surface area contributed by atoms with Gasteiger partial charge in [0.15, 0.2) is 0 Å². The van der Waals surface area contributed by atoms with Crippen molar-refractivity contribution >= 4 is 0 Å². The van der Waals surface area contributed by atoms with Crippen LogP contribution in [0.25, 0.3) is 0 Å². The van der Waals surface area contributed by atoms with Gasteiger partial charge in [0.05, 0.1) is 18.8 Å². The molecule has 1 atom stereocenters. The van der Waals surface area contributed by atoms with Crippen molar-refractivity contribution in [2.45, 2.75) is 25.8 Å². The Morgan fingerprint density at radius 3 is 2.63 bits per heavy atom. The van der Waals surface area contributed by atoms with Crippen LogP contribution in [-0.2, 0) is 6.42 Å². The van der Waals surface area contributed by atoms with E-state index in [4.69, 9.17) is 10.5 Å². The van der Waals surface area contributed by atoms with Crippen molar-refractivity contribution in [3.8, 4) is 5.75 Å². The highest BCUT2D eigenvalue weighted by Crippen LogP contribution is 2.23. The SMILES string of the molecule is COc1cccnc1C(N)CCc1ccc(C)cc1. The van der Waals surface area contributed by atoms with Gasteiger partial charge in [-0.2, -0.15) is 0 Å². The minimum atomic E-state index is -0.0996. The Balaban J connectivity index is 2.01. The van der Waals surface area contributed by atoms with E-state index in [1.165, 1.54) is 11.1 Å². The van der Waals surface area contributed by atoms with Crippen LogP contribution in [0, 0.1) is 6.92 Å². The molecule has 0 radical (unpaired) electrons. The monoisotopic (exact) mass is 256 g/mol. The Morgan fingerprint density at radius 1 is 1.21 bits per heavy atom. The van der Waals surface area contributed by atoms with Gasteiger partial charge in [-0.15, -0.1) is 0 Å². The second-order valence-corrected chi connectivity index (χ2v) is 4.72. The van der Waals surface area contributed by atoms with Gasteiger partial charge in [0.25, 0.3) is 0 Å². The highest BCUT2D eigenvalue weighted by atomic mass is 16.5. The zero-order valence-corrected chi connectivity index (χ0v) is 11.5. The zero-order valence-electron chi connectivity index (χ0n) is 11.5. The third kappa shape index (κ3) is 3.55. The summed E-state index contributed by atoms with van der Waals surface area (Å²) in [4.78, 5) is 4.33. The zero-order chi connectivity index (χ0) is 13.7. The van der Waals surface area contributed by atoms with E-state index in [-0.39, 0.29) is 6.04 Å². The van der Waals surface area contributed by atoms with Gasteiger partial charge in [0.1, 0.15) is 5.75 Å².